The van der Waals surface area contributed by atoms with E-state index in [9.17, 15) is 14.0 Å². The molecule has 24 heavy (non-hydrogen) atoms. The summed E-state index contributed by atoms with van der Waals surface area (Å²) in [4.78, 5) is 26.4. The summed E-state index contributed by atoms with van der Waals surface area (Å²) in [5.41, 5.74) is 0.510. The van der Waals surface area contributed by atoms with E-state index in [-0.39, 0.29) is 29.6 Å². The van der Waals surface area contributed by atoms with Crippen molar-refractivity contribution < 1.29 is 14.0 Å². The molecule has 1 aromatic carbocycles. The van der Waals surface area contributed by atoms with Crippen LogP contribution >= 0.6 is 0 Å². The Hall–Kier alpha value is -1.95. The number of benzene rings is 1. The molecule has 0 bridgehead atoms. The Bertz CT molecular complexity index is 584. The van der Waals surface area contributed by atoms with Crippen LogP contribution in [0.4, 0.5) is 4.39 Å². The lowest BCUT2D eigenvalue weighted by Crippen LogP contribution is -2.46. The van der Waals surface area contributed by atoms with E-state index in [1.807, 2.05) is 0 Å². The van der Waals surface area contributed by atoms with Gasteiger partial charge in [-0.05, 0) is 62.4 Å². The fourth-order valence-corrected chi connectivity index (χ4v) is 3.47. The Balaban J connectivity index is 1.51. The number of rotatable bonds is 4. The van der Waals surface area contributed by atoms with Crippen LogP contribution in [-0.4, -0.2) is 48.9 Å². The average Bonchev–Trinajstić information content (AvgIpc) is 3.15. The van der Waals surface area contributed by atoms with Gasteiger partial charge in [0.25, 0.3) is 5.91 Å². The Morgan fingerprint density at radius 3 is 2.71 bits per heavy atom. The molecule has 0 spiro atoms. The van der Waals surface area contributed by atoms with Crippen LogP contribution in [-0.2, 0) is 4.79 Å². The van der Waals surface area contributed by atoms with E-state index >= 15 is 0 Å². The fraction of sp³-hybridized carbons (Fsp3) is 0.556. The molecule has 2 aliphatic rings. The normalized spacial score (nSPS) is 24.0. The molecule has 2 saturated heterocycles. The number of carbonyl (C=O) groups excluding carboxylic acids is 2. The minimum absolute atomic E-state index is 0.0643. The molecule has 2 atom stereocenters. The average molecular weight is 333 g/mol. The van der Waals surface area contributed by atoms with Crippen molar-refractivity contribution in [2.75, 3.05) is 26.2 Å². The molecule has 2 heterocycles. The Kier molecular flexibility index (Phi) is 5.45. The minimum atomic E-state index is -0.341. The maximum atomic E-state index is 13.0. The number of amides is 2. The lowest BCUT2D eigenvalue weighted by Gasteiger charge is -2.33. The summed E-state index contributed by atoms with van der Waals surface area (Å²) in [5.74, 6) is -0.0715. The van der Waals surface area contributed by atoms with E-state index < -0.39 is 0 Å². The van der Waals surface area contributed by atoms with Gasteiger partial charge in [0.05, 0.1) is 6.04 Å². The van der Waals surface area contributed by atoms with Crippen LogP contribution < -0.4 is 10.6 Å². The van der Waals surface area contributed by atoms with Crippen LogP contribution in [0.15, 0.2) is 24.3 Å². The molecule has 3 rings (SSSR count). The fourth-order valence-electron chi connectivity index (χ4n) is 3.47. The molecule has 5 nitrogen and oxygen atoms in total. The summed E-state index contributed by atoms with van der Waals surface area (Å²) < 4.78 is 13.0. The first-order valence-corrected chi connectivity index (χ1v) is 8.69. The number of hydrogen-bond donors (Lipinski definition) is 2. The SMILES string of the molecule is O=C(NCC1CCCN(C(=O)c2ccc(F)cc2)C1)C1CCCN1. The van der Waals surface area contributed by atoms with Gasteiger partial charge in [0.1, 0.15) is 5.82 Å². The van der Waals surface area contributed by atoms with Crippen molar-refractivity contribution in [2.24, 2.45) is 5.92 Å². The highest BCUT2D eigenvalue weighted by Crippen LogP contribution is 2.18. The molecule has 0 aliphatic carbocycles. The zero-order valence-electron chi connectivity index (χ0n) is 13.8. The van der Waals surface area contributed by atoms with Gasteiger partial charge in [0.15, 0.2) is 0 Å². The molecular weight excluding hydrogens is 309 g/mol. The molecule has 2 aliphatic heterocycles. The number of likely N-dealkylation sites (tertiary alicyclic amines) is 1. The molecule has 2 amide bonds. The Morgan fingerprint density at radius 1 is 1.21 bits per heavy atom. The summed E-state index contributed by atoms with van der Waals surface area (Å²) in [6, 6.07) is 5.60. The lowest BCUT2D eigenvalue weighted by atomic mass is 9.97. The van der Waals surface area contributed by atoms with Crippen molar-refractivity contribution in [3.8, 4) is 0 Å². The van der Waals surface area contributed by atoms with Crippen LogP contribution in [0.5, 0.6) is 0 Å². The number of carbonyl (C=O) groups is 2. The highest BCUT2D eigenvalue weighted by atomic mass is 19.1. The first-order valence-electron chi connectivity index (χ1n) is 8.69. The smallest absolute Gasteiger partial charge is 0.253 e. The van der Waals surface area contributed by atoms with Crippen molar-refractivity contribution >= 4 is 11.8 Å². The van der Waals surface area contributed by atoms with Crippen molar-refractivity contribution in [3.63, 3.8) is 0 Å². The third-order valence-corrected chi connectivity index (χ3v) is 4.84. The van der Waals surface area contributed by atoms with Crippen molar-refractivity contribution in [2.45, 2.75) is 31.7 Å². The van der Waals surface area contributed by atoms with Gasteiger partial charge in [-0.1, -0.05) is 0 Å². The standard InChI is InChI=1S/C18H24FN3O2/c19-15-7-5-14(6-8-15)18(24)22-10-2-3-13(12-22)11-21-17(23)16-4-1-9-20-16/h5-8,13,16,20H,1-4,9-12H2,(H,21,23). The van der Waals surface area contributed by atoms with Gasteiger partial charge in [-0.15, -0.1) is 0 Å². The van der Waals surface area contributed by atoms with Gasteiger partial charge in [-0.3, -0.25) is 9.59 Å². The summed E-state index contributed by atoms with van der Waals surface area (Å²) in [5, 5.41) is 6.20. The molecule has 6 heteroatoms. The van der Waals surface area contributed by atoms with Crippen molar-refractivity contribution in [1.29, 1.82) is 0 Å². The molecule has 0 radical (unpaired) electrons. The zero-order valence-corrected chi connectivity index (χ0v) is 13.8. The molecule has 2 fully saturated rings. The third kappa shape index (κ3) is 4.12. The Morgan fingerprint density at radius 2 is 2.00 bits per heavy atom. The molecule has 2 N–H and O–H groups in total. The molecule has 1 aromatic rings. The van der Waals surface area contributed by atoms with E-state index in [4.69, 9.17) is 0 Å². The molecule has 0 aromatic heterocycles. The summed E-state index contributed by atoms with van der Waals surface area (Å²) >= 11 is 0. The predicted molar refractivity (Wildman–Crippen MR) is 89.1 cm³/mol. The Labute approximate surface area is 141 Å². The van der Waals surface area contributed by atoms with Gasteiger partial charge in [-0.2, -0.15) is 0 Å². The van der Waals surface area contributed by atoms with Gasteiger partial charge >= 0.3 is 0 Å². The zero-order chi connectivity index (χ0) is 16.9. The number of hydrogen-bond acceptors (Lipinski definition) is 3. The van der Waals surface area contributed by atoms with Gasteiger partial charge in [0.2, 0.25) is 5.91 Å². The predicted octanol–water partition coefficient (Wildman–Crippen LogP) is 1.55. The highest BCUT2D eigenvalue weighted by molar-refractivity contribution is 5.94. The number of halogens is 1. The number of nitrogens with one attached hydrogen (secondary N) is 2. The molecular formula is C18H24FN3O2. The monoisotopic (exact) mass is 333 g/mol. The topological polar surface area (TPSA) is 61.4 Å². The quantitative estimate of drug-likeness (QED) is 0.879. The van der Waals surface area contributed by atoms with Gasteiger partial charge < -0.3 is 15.5 Å². The lowest BCUT2D eigenvalue weighted by molar-refractivity contribution is -0.123. The van der Waals surface area contributed by atoms with E-state index in [0.29, 0.717) is 25.2 Å². The summed E-state index contributed by atoms with van der Waals surface area (Å²) in [6.45, 7) is 2.85. The van der Waals surface area contributed by atoms with Crippen molar-refractivity contribution in [1.82, 2.24) is 15.5 Å². The minimum Gasteiger partial charge on any atom is -0.354 e. The second-order valence-electron chi connectivity index (χ2n) is 6.66. The van der Waals surface area contributed by atoms with Crippen molar-refractivity contribution in [3.05, 3.63) is 35.6 Å². The molecule has 2 unspecified atom stereocenters. The summed E-state index contributed by atoms with van der Waals surface area (Å²) in [7, 11) is 0. The van der Waals surface area contributed by atoms with E-state index in [1.54, 1.807) is 4.90 Å². The number of piperidine rings is 1. The van der Waals surface area contributed by atoms with Crippen LogP contribution in [0.25, 0.3) is 0 Å². The second-order valence-corrected chi connectivity index (χ2v) is 6.66. The summed E-state index contributed by atoms with van der Waals surface area (Å²) in [6.07, 6.45) is 3.87. The van der Waals surface area contributed by atoms with E-state index in [1.165, 1.54) is 24.3 Å². The molecule has 0 saturated carbocycles. The third-order valence-electron chi connectivity index (χ3n) is 4.84. The van der Waals surface area contributed by atoms with Crippen LogP contribution in [0, 0.1) is 11.7 Å². The van der Waals surface area contributed by atoms with Crippen LogP contribution in [0.1, 0.15) is 36.0 Å². The highest BCUT2D eigenvalue weighted by Gasteiger charge is 2.26. The van der Waals surface area contributed by atoms with E-state index in [0.717, 1.165) is 32.2 Å². The molecule has 130 valence electrons. The second kappa shape index (κ2) is 7.75. The van der Waals surface area contributed by atoms with Crippen LogP contribution in [0.3, 0.4) is 0 Å². The van der Waals surface area contributed by atoms with Gasteiger partial charge in [0, 0.05) is 25.2 Å². The maximum Gasteiger partial charge on any atom is 0.253 e. The first-order chi connectivity index (χ1) is 11.6. The first kappa shape index (κ1) is 16.9. The van der Waals surface area contributed by atoms with Gasteiger partial charge in [-0.25, -0.2) is 4.39 Å². The number of nitrogens with zero attached hydrogens (tertiary/aromatic N) is 1. The van der Waals surface area contributed by atoms with E-state index in [2.05, 4.69) is 10.6 Å². The largest absolute Gasteiger partial charge is 0.354 e. The maximum absolute atomic E-state index is 13.0. The van der Waals surface area contributed by atoms with Crippen LogP contribution in [0.2, 0.25) is 0 Å².